The van der Waals surface area contributed by atoms with Crippen LogP contribution in [0.3, 0.4) is 0 Å². The van der Waals surface area contributed by atoms with Crippen LogP contribution >= 0.6 is 0 Å². The Morgan fingerprint density at radius 3 is 2.14 bits per heavy atom. The number of nitrogens with one attached hydrogen (secondary N) is 1. The Kier molecular flexibility index (Phi) is 4.64. The van der Waals surface area contributed by atoms with Gasteiger partial charge in [-0.1, -0.05) is 33.6 Å². The van der Waals surface area contributed by atoms with Gasteiger partial charge in [-0.3, -0.25) is 9.59 Å². The Bertz CT molecular complexity index is 411. The van der Waals surface area contributed by atoms with Gasteiger partial charge in [0, 0.05) is 6.54 Å². The number of piperazine rings is 1. The van der Waals surface area contributed by atoms with Gasteiger partial charge < -0.3 is 10.2 Å². The lowest BCUT2D eigenvalue weighted by molar-refractivity contribution is -0.164. The normalized spacial score (nSPS) is 29.8. The van der Waals surface area contributed by atoms with Gasteiger partial charge in [0.15, 0.2) is 0 Å². The summed E-state index contributed by atoms with van der Waals surface area (Å²) < 4.78 is 0. The Morgan fingerprint density at radius 1 is 1.10 bits per heavy atom. The Labute approximate surface area is 128 Å². The highest BCUT2D eigenvalue weighted by Gasteiger charge is 2.54. The SMILES string of the molecule is CCC1(CC)NC(=O)C(C)(CC)N(CC2CCCC2)C1=O. The Hall–Kier alpha value is -1.06. The summed E-state index contributed by atoms with van der Waals surface area (Å²) in [5.74, 6) is 0.715. The maximum atomic E-state index is 13.1. The standard InChI is InChI=1S/C17H30N2O2/c1-5-16(4)14(20)18-17(6-2,7-3)15(21)19(16)12-13-10-8-9-11-13/h13H,5-12H2,1-4H3,(H,18,20). The molecule has 0 aromatic heterocycles. The van der Waals surface area contributed by atoms with Crippen molar-refractivity contribution in [3.05, 3.63) is 0 Å². The van der Waals surface area contributed by atoms with Gasteiger partial charge in [-0.05, 0) is 44.9 Å². The van der Waals surface area contributed by atoms with E-state index in [0.717, 1.165) is 6.54 Å². The second-order valence-electron chi connectivity index (χ2n) is 6.94. The summed E-state index contributed by atoms with van der Waals surface area (Å²) in [6.07, 6.45) is 6.89. The quantitative estimate of drug-likeness (QED) is 0.847. The number of hydrogen-bond acceptors (Lipinski definition) is 2. The minimum atomic E-state index is -0.690. The lowest BCUT2D eigenvalue weighted by atomic mass is 9.81. The van der Waals surface area contributed by atoms with Gasteiger partial charge >= 0.3 is 0 Å². The number of hydrogen-bond donors (Lipinski definition) is 1. The highest BCUT2D eigenvalue weighted by molar-refractivity contribution is 6.02. The van der Waals surface area contributed by atoms with E-state index in [2.05, 4.69) is 5.32 Å². The molecule has 1 aliphatic heterocycles. The maximum absolute atomic E-state index is 13.1. The van der Waals surface area contributed by atoms with E-state index in [9.17, 15) is 9.59 Å². The van der Waals surface area contributed by atoms with Gasteiger partial charge in [0.2, 0.25) is 11.8 Å². The first-order chi connectivity index (χ1) is 9.93. The van der Waals surface area contributed by atoms with Crippen molar-refractivity contribution in [2.45, 2.75) is 83.7 Å². The van der Waals surface area contributed by atoms with Crippen LogP contribution in [0, 0.1) is 5.92 Å². The molecule has 2 fully saturated rings. The number of nitrogens with zero attached hydrogens (tertiary/aromatic N) is 1. The van der Waals surface area contributed by atoms with Crippen LogP contribution in [0.5, 0.6) is 0 Å². The predicted octanol–water partition coefficient (Wildman–Crippen LogP) is 2.86. The van der Waals surface area contributed by atoms with Crippen LogP contribution in [0.1, 0.15) is 72.6 Å². The summed E-state index contributed by atoms with van der Waals surface area (Å²) in [6, 6.07) is 0. The fourth-order valence-corrected chi connectivity index (χ4v) is 3.83. The molecule has 1 saturated heterocycles. The highest BCUT2D eigenvalue weighted by Crippen LogP contribution is 2.35. The van der Waals surface area contributed by atoms with Crippen molar-refractivity contribution < 1.29 is 9.59 Å². The van der Waals surface area contributed by atoms with Crippen LogP contribution in [0.4, 0.5) is 0 Å². The molecule has 4 heteroatoms. The molecule has 1 heterocycles. The molecule has 0 aromatic carbocycles. The molecule has 1 unspecified atom stereocenters. The third-order valence-electron chi connectivity index (χ3n) is 5.90. The van der Waals surface area contributed by atoms with E-state index in [4.69, 9.17) is 0 Å². The first-order valence-electron chi connectivity index (χ1n) is 8.58. The minimum Gasteiger partial charge on any atom is -0.340 e. The van der Waals surface area contributed by atoms with Crippen LogP contribution in [0.15, 0.2) is 0 Å². The van der Waals surface area contributed by atoms with Crippen molar-refractivity contribution >= 4 is 11.8 Å². The van der Waals surface area contributed by atoms with Gasteiger partial charge in [0.05, 0.1) is 0 Å². The van der Waals surface area contributed by atoms with Crippen molar-refractivity contribution in [2.24, 2.45) is 5.92 Å². The van der Waals surface area contributed by atoms with Crippen LogP contribution in [-0.2, 0) is 9.59 Å². The molecule has 2 aliphatic rings. The lowest BCUT2D eigenvalue weighted by Crippen LogP contribution is -2.75. The molecule has 0 bridgehead atoms. The molecule has 0 radical (unpaired) electrons. The largest absolute Gasteiger partial charge is 0.340 e. The zero-order valence-electron chi connectivity index (χ0n) is 14.0. The van der Waals surface area contributed by atoms with Gasteiger partial charge in [0.25, 0.3) is 0 Å². The van der Waals surface area contributed by atoms with Crippen LogP contribution in [-0.4, -0.2) is 34.3 Å². The van der Waals surface area contributed by atoms with E-state index in [0.29, 0.717) is 25.2 Å². The second-order valence-corrected chi connectivity index (χ2v) is 6.94. The number of carbonyl (C=O) groups is 2. The summed E-state index contributed by atoms with van der Waals surface area (Å²) in [5.41, 5.74) is -1.38. The summed E-state index contributed by atoms with van der Waals surface area (Å²) in [5, 5.41) is 3.05. The molecule has 0 aromatic rings. The minimum absolute atomic E-state index is 0.0197. The van der Waals surface area contributed by atoms with E-state index in [1.807, 2.05) is 32.6 Å². The third kappa shape index (κ3) is 2.58. The van der Waals surface area contributed by atoms with Gasteiger partial charge in [0.1, 0.15) is 11.1 Å². The summed E-state index contributed by atoms with van der Waals surface area (Å²) in [6.45, 7) is 8.65. The number of rotatable bonds is 5. The van der Waals surface area contributed by atoms with E-state index in [-0.39, 0.29) is 11.8 Å². The molecule has 1 atom stereocenters. The fourth-order valence-electron chi connectivity index (χ4n) is 3.83. The van der Waals surface area contributed by atoms with Crippen LogP contribution < -0.4 is 5.32 Å². The van der Waals surface area contributed by atoms with Gasteiger partial charge in [-0.25, -0.2) is 0 Å². The fraction of sp³-hybridized carbons (Fsp3) is 0.882. The van der Waals surface area contributed by atoms with Crippen LogP contribution in [0.25, 0.3) is 0 Å². The van der Waals surface area contributed by atoms with E-state index < -0.39 is 11.1 Å². The van der Waals surface area contributed by atoms with Crippen molar-refractivity contribution in [3.8, 4) is 0 Å². The predicted molar refractivity (Wildman–Crippen MR) is 83.8 cm³/mol. The summed E-state index contributed by atoms with van der Waals surface area (Å²) in [7, 11) is 0. The highest BCUT2D eigenvalue weighted by atomic mass is 16.2. The molecular weight excluding hydrogens is 264 g/mol. The van der Waals surface area contributed by atoms with E-state index in [1.165, 1.54) is 25.7 Å². The third-order valence-corrected chi connectivity index (χ3v) is 5.90. The molecule has 2 amide bonds. The smallest absolute Gasteiger partial charge is 0.249 e. The zero-order chi connectivity index (χ0) is 15.7. The molecule has 0 spiro atoms. The van der Waals surface area contributed by atoms with Crippen molar-refractivity contribution in [1.29, 1.82) is 0 Å². The maximum Gasteiger partial charge on any atom is 0.249 e. The average Bonchev–Trinajstić information content (AvgIpc) is 3.00. The summed E-state index contributed by atoms with van der Waals surface area (Å²) in [4.78, 5) is 27.7. The molecule has 1 N–H and O–H groups in total. The molecule has 4 nitrogen and oxygen atoms in total. The average molecular weight is 294 g/mol. The molecule has 1 saturated carbocycles. The van der Waals surface area contributed by atoms with Gasteiger partial charge in [-0.15, -0.1) is 0 Å². The molecule has 1 aliphatic carbocycles. The first kappa shape index (κ1) is 16.3. The number of amides is 2. The van der Waals surface area contributed by atoms with E-state index in [1.54, 1.807) is 0 Å². The summed E-state index contributed by atoms with van der Waals surface area (Å²) >= 11 is 0. The topological polar surface area (TPSA) is 49.4 Å². The monoisotopic (exact) mass is 294 g/mol. The van der Waals surface area contributed by atoms with Crippen LogP contribution in [0.2, 0.25) is 0 Å². The molecule has 2 rings (SSSR count). The second kappa shape index (κ2) is 5.98. The lowest BCUT2D eigenvalue weighted by Gasteiger charge is -2.51. The first-order valence-corrected chi connectivity index (χ1v) is 8.58. The van der Waals surface area contributed by atoms with Crippen molar-refractivity contribution in [2.75, 3.05) is 6.54 Å². The molecular formula is C17H30N2O2. The number of carbonyl (C=O) groups excluding carboxylic acids is 2. The van der Waals surface area contributed by atoms with E-state index >= 15 is 0 Å². The van der Waals surface area contributed by atoms with Gasteiger partial charge in [-0.2, -0.15) is 0 Å². The zero-order valence-corrected chi connectivity index (χ0v) is 14.0. The van der Waals surface area contributed by atoms with Crippen molar-refractivity contribution in [1.82, 2.24) is 10.2 Å². The Morgan fingerprint density at radius 2 is 1.67 bits per heavy atom. The van der Waals surface area contributed by atoms with Crippen molar-refractivity contribution in [3.63, 3.8) is 0 Å². The Balaban J connectivity index is 2.32. The molecule has 21 heavy (non-hydrogen) atoms. The molecule has 120 valence electrons.